The van der Waals surface area contributed by atoms with Crippen LogP contribution in [-0.2, 0) is 12.0 Å². The van der Waals surface area contributed by atoms with E-state index in [1.54, 1.807) is 23.1 Å². The van der Waals surface area contributed by atoms with Crippen LogP contribution in [0, 0.1) is 5.41 Å². The number of Topliss-reactive ketones (excluding diaryl/α,β-unsaturated/α-hetero) is 1. The SMILES string of the molecule is CC(C)(C)n1ncc2c1C(=O)CC1(CCN(C(=O)c3cc(-c4cccc(C(=O)O)c4)[nH]c(=O)c3)CC1)C2. The molecule has 0 bridgehead atoms. The van der Waals surface area contributed by atoms with Gasteiger partial charge in [-0.15, -0.1) is 0 Å². The Morgan fingerprint density at radius 3 is 2.43 bits per heavy atom. The highest BCUT2D eigenvalue weighted by Gasteiger charge is 2.44. The van der Waals surface area contributed by atoms with E-state index >= 15 is 0 Å². The van der Waals surface area contributed by atoms with E-state index in [1.165, 1.54) is 18.2 Å². The molecule has 9 heteroatoms. The molecule has 0 unspecified atom stereocenters. The highest BCUT2D eigenvalue weighted by molar-refractivity contribution is 5.98. The number of carboxylic acids is 1. The largest absolute Gasteiger partial charge is 0.478 e. The van der Waals surface area contributed by atoms with Crippen LogP contribution in [0.15, 0.2) is 47.4 Å². The van der Waals surface area contributed by atoms with Gasteiger partial charge in [0.2, 0.25) is 5.56 Å². The summed E-state index contributed by atoms with van der Waals surface area (Å²) in [7, 11) is 0. The second kappa shape index (κ2) is 8.83. The van der Waals surface area contributed by atoms with Crippen LogP contribution in [-0.4, -0.2) is 55.5 Å². The number of H-pyrrole nitrogens is 1. The van der Waals surface area contributed by atoms with Gasteiger partial charge in [0, 0.05) is 42.4 Å². The number of carboxylic acid groups (broad SMARTS) is 1. The second-order valence-electron chi connectivity index (χ2n) is 11.2. The molecular weight excluding hydrogens is 472 g/mol. The predicted octanol–water partition coefficient (Wildman–Crippen LogP) is 3.74. The van der Waals surface area contributed by atoms with E-state index in [1.807, 2.05) is 31.6 Å². The predicted molar refractivity (Wildman–Crippen MR) is 137 cm³/mol. The molecule has 3 aromatic rings. The number of aromatic carboxylic acids is 1. The second-order valence-corrected chi connectivity index (χ2v) is 11.2. The number of hydrogen-bond donors (Lipinski definition) is 2. The number of pyridine rings is 1. The Labute approximate surface area is 214 Å². The topological polar surface area (TPSA) is 125 Å². The number of hydrogen-bond acceptors (Lipinski definition) is 5. The molecule has 1 spiro atoms. The minimum absolute atomic E-state index is 0.0923. The van der Waals surface area contributed by atoms with Crippen molar-refractivity contribution < 1.29 is 19.5 Å². The minimum Gasteiger partial charge on any atom is -0.478 e. The molecule has 0 radical (unpaired) electrons. The Balaban J connectivity index is 1.34. The average molecular weight is 503 g/mol. The van der Waals surface area contributed by atoms with Crippen molar-refractivity contribution in [3.05, 3.63) is 75.3 Å². The first-order chi connectivity index (χ1) is 17.5. The van der Waals surface area contributed by atoms with Crippen molar-refractivity contribution in [2.45, 2.75) is 52.0 Å². The Hall–Kier alpha value is -4.01. The number of ketones is 1. The summed E-state index contributed by atoms with van der Waals surface area (Å²) in [6.45, 7) is 7.08. The van der Waals surface area contributed by atoms with Crippen LogP contribution in [0.5, 0.6) is 0 Å². The lowest BCUT2D eigenvalue weighted by molar-refractivity contribution is 0.0514. The zero-order valence-electron chi connectivity index (χ0n) is 21.2. The first-order valence-corrected chi connectivity index (χ1v) is 12.4. The molecule has 1 aromatic carbocycles. The summed E-state index contributed by atoms with van der Waals surface area (Å²) in [4.78, 5) is 54.7. The number of likely N-dealkylation sites (tertiary alicyclic amines) is 1. The lowest BCUT2D eigenvalue weighted by Gasteiger charge is -2.43. The van der Waals surface area contributed by atoms with Crippen molar-refractivity contribution in [3.63, 3.8) is 0 Å². The van der Waals surface area contributed by atoms with Crippen molar-refractivity contribution in [1.82, 2.24) is 19.7 Å². The third-order valence-corrected chi connectivity index (χ3v) is 7.47. The van der Waals surface area contributed by atoms with E-state index in [0.29, 0.717) is 49.3 Å². The van der Waals surface area contributed by atoms with E-state index in [9.17, 15) is 24.3 Å². The molecule has 1 aliphatic carbocycles. The monoisotopic (exact) mass is 502 g/mol. The molecule has 2 N–H and O–H groups in total. The molecule has 0 saturated carbocycles. The maximum absolute atomic E-state index is 13.4. The molecule has 3 heterocycles. The smallest absolute Gasteiger partial charge is 0.335 e. The number of nitrogens with one attached hydrogen (secondary N) is 1. The zero-order valence-corrected chi connectivity index (χ0v) is 21.2. The summed E-state index contributed by atoms with van der Waals surface area (Å²) in [5, 5.41) is 13.8. The molecule has 1 fully saturated rings. The van der Waals surface area contributed by atoms with Gasteiger partial charge in [-0.3, -0.25) is 19.1 Å². The molecule has 192 valence electrons. The van der Waals surface area contributed by atoms with Crippen molar-refractivity contribution >= 4 is 17.7 Å². The number of aromatic amines is 1. The fourth-order valence-corrected chi connectivity index (χ4v) is 5.57. The summed E-state index contributed by atoms with van der Waals surface area (Å²) in [6, 6.07) is 9.07. The fraction of sp³-hybridized carbons (Fsp3) is 0.393. The van der Waals surface area contributed by atoms with Crippen molar-refractivity contribution in [2.24, 2.45) is 5.41 Å². The van der Waals surface area contributed by atoms with E-state index in [0.717, 1.165) is 12.0 Å². The quantitative estimate of drug-likeness (QED) is 0.562. The Morgan fingerprint density at radius 1 is 1.03 bits per heavy atom. The number of piperidine rings is 1. The van der Waals surface area contributed by atoms with Crippen LogP contribution in [0.25, 0.3) is 11.3 Å². The van der Waals surface area contributed by atoms with Crippen molar-refractivity contribution in [1.29, 1.82) is 0 Å². The Morgan fingerprint density at radius 2 is 1.76 bits per heavy atom. The summed E-state index contributed by atoms with van der Waals surface area (Å²) in [6.07, 6.45) is 4.41. The summed E-state index contributed by atoms with van der Waals surface area (Å²) in [5.74, 6) is -1.21. The summed E-state index contributed by atoms with van der Waals surface area (Å²) in [5.41, 5.74) is 2.03. The van der Waals surface area contributed by atoms with Gasteiger partial charge in [0.05, 0.1) is 17.3 Å². The molecule has 37 heavy (non-hydrogen) atoms. The maximum Gasteiger partial charge on any atom is 0.335 e. The number of rotatable bonds is 3. The van der Waals surface area contributed by atoms with Gasteiger partial charge in [0.25, 0.3) is 5.91 Å². The van der Waals surface area contributed by atoms with E-state index in [-0.39, 0.29) is 33.8 Å². The third kappa shape index (κ3) is 4.61. The normalized spacial score (nSPS) is 17.1. The van der Waals surface area contributed by atoms with E-state index in [2.05, 4.69) is 10.1 Å². The number of fused-ring (bicyclic) bond motifs is 1. The molecule has 1 amide bonds. The summed E-state index contributed by atoms with van der Waals surface area (Å²) >= 11 is 0. The first kappa shape index (κ1) is 24.7. The fourth-order valence-electron chi connectivity index (χ4n) is 5.57. The summed E-state index contributed by atoms with van der Waals surface area (Å²) < 4.78 is 1.83. The number of carbonyl (C=O) groups excluding carboxylic acids is 2. The lowest BCUT2D eigenvalue weighted by atomic mass is 9.67. The standard InChI is InChI=1S/C28H30N4O5/c1-27(2,3)32-24-20(16-29-32)14-28(15-22(24)33)7-9-31(10-8-28)25(35)19-12-21(30-23(34)13-19)17-5-4-6-18(11-17)26(36)37/h4-6,11-13,16H,7-10,14-15H2,1-3H3,(H,30,34)(H,36,37). The van der Waals surface area contributed by atoms with Crippen LogP contribution in [0.2, 0.25) is 0 Å². The highest BCUT2D eigenvalue weighted by Crippen LogP contribution is 2.44. The Bertz CT molecular complexity index is 1470. The van der Waals surface area contributed by atoms with Gasteiger partial charge in [-0.1, -0.05) is 12.1 Å². The average Bonchev–Trinajstić information content (AvgIpc) is 3.28. The molecule has 2 aliphatic rings. The highest BCUT2D eigenvalue weighted by atomic mass is 16.4. The van der Waals surface area contributed by atoms with Crippen LogP contribution in [0.3, 0.4) is 0 Å². The van der Waals surface area contributed by atoms with Gasteiger partial charge >= 0.3 is 5.97 Å². The van der Waals surface area contributed by atoms with E-state index in [4.69, 9.17) is 0 Å². The number of nitrogens with zero attached hydrogens (tertiary/aromatic N) is 3. The molecule has 5 rings (SSSR count). The lowest BCUT2D eigenvalue weighted by Crippen LogP contribution is -2.46. The van der Waals surface area contributed by atoms with Crippen LogP contribution in [0.1, 0.15) is 76.8 Å². The zero-order chi connectivity index (χ0) is 26.5. The molecule has 9 nitrogen and oxygen atoms in total. The van der Waals surface area contributed by atoms with Gasteiger partial charge in [0.1, 0.15) is 5.69 Å². The molecule has 0 atom stereocenters. The van der Waals surface area contributed by atoms with E-state index < -0.39 is 11.5 Å². The van der Waals surface area contributed by atoms with Crippen molar-refractivity contribution in [2.75, 3.05) is 13.1 Å². The Kier molecular flexibility index (Phi) is 5.89. The maximum atomic E-state index is 13.4. The van der Waals surface area contributed by atoms with Gasteiger partial charge < -0.3 is 15.0 Å². The number of aromatic nitrogens is 3. The number of amides is 1. The third-order valence-electron chi connectivity index (χ3n) is 7.47. The van der Waals surface area contributed by atoms with Crippen LogP contribution < -0.4 is 5.56 Å². The molecule has 1 saturated heterocycles. The molecule has 2 aromatic heterocycles. The van der Waals surface area contributed by atoms with Crippen LogP contribution in [0.4, 0.5) is 0 Å². The minimum atomic E-state index is -1.07. The first-order valence-electron chi connectivity index (χ1n) is 12.4. The van der Waals surface area contributed by atoms with Gasteiger partial charge in [-0.05, 0) is 69.2 Å². The molecule has 1 aliphatic heterocycles. The number of carbonyl (C=O) groups is 3. The number of benzene rings is 1. The van der Waals surface area contributed by atoms with Gasteiger partial charge in [-0.25, -0.2) is 4.79 Å². The molecular formula is C28H30N4O5. The van der Waals surface area contributed by atoms with Gasteiger partial charge in [0.15, 0.2) is 5.78 Å². The van der Waals surface area contributed by atoms with Crippen molar-refractivity contribution in [3.8, 4) is 11.3 Å². The van der Waals surface area contributed by atoms with Gasteiger partial charge in [-0.2, -0.15) is 5.10 Å². The van der Waals surface area contributed by atoms with Crippen LogP contribution >= 0.6 is 0 Å².